The predicted molar refractivity (Wildman–Crippen MR) is 124 cm³/mol. The smallest absolute Gasteiger partial charge is 0.223 e. The van der Waals surface area contributed by atoms with Crippen molar-refractivity contribution in [3.8, 4) is 5.75 Å². The number of halogens is 2. The number of benzene rings is 3. The quantitative estimate of drug-likeness (QED) is 0.316. The number of thiophene rings is 1. The molecule has 1 aromatic heterocycles. The zero-order valence-electron chi connectivity index (χ0n) is 15.8. The highest BCUT2D eigenvalue weighted by Gasteiger charge is 2.42. The van der Waals surface area contributed by atoms with Gasteiger partial charge in [-0.3, -0.25) is 0 Å². The summed E-state index contributed by atoms with van der Waals surface area (Å²) < 4.78 is 6.37. The Hall–Kier alpha value is -2.53. The second-order valence-electron chi connectivity index (χ2n) is 7.50. The molecule has 148 valence electrons. The summed E-state index contributed by atoms with van der Waals surface area (Å²) in [7, 11) is 0. The Balaban J connectivity index is 1.47. The summed E-state index contributed by atoms with van der Waals surface area (Å²) in [6.45, 7) is 0. The normalized spacial score (nSPS) is 19.9. The number of hydrazone groups is 1. The third-order valence-corrected chi connectivity index (χ3v) is 7.08. The van der Waals surface area contributed by atoms with Gasteiger partial charge >= 0.3 is 0 Å². The van der Waals surface area contributed by atoms with Crippen molar-refractivity contribution < 1.29 is 4.74 Å². The minimum Gasteiger partial charge on any atom is -0.462 e. The topological polar surface area (TPSA) is 24.8 Å². The van der Waals surface area contributed by atoms with Crippen molar-refractivity contribution in [2.75, 3.05) is 0 Å². The van der Waals surface area contributed by atoms with Gasteiger partial charge in [-0.2, -0.15) is 5.10 Å². The molecule has 0 bridgehead atoms. The molecule has 0 amide bonds. The predicted octanol–water partition coefficient (Wildman–Crippen LogP) is 7.45. The molecular formula is C24H16Cl2N2OS. The highest BCUT2D eigenvalue weighted by Crippen LogP contribution is 2.51. The molecule has 0 aliphatic carbocycles. The van der Waals surface area contributed by atoms with Crippen LogP contribution in [0.3, 0.4) is 0 Å². The van der Waals surface area contributed by atoms with Gasteiger partial charge in [-0.1, -0.05) is 65.7 Å². The van der Waals surface area contributed by atoms with E-state index in [1.807, 2.05) is 12.1 Å². The van der Waals surface area contributed by atoms with E-state index in [0.717, 1.165) is 28.1 Å². The molecule has 6 rings (SSSR count). The second kappa shape index (κ2) is 7.02. The van der Waals surface area contributed by atoms with Crippen LogP contribution in [0.15, 0.2) is 77.2 Å². The van der Waals surface area contributed by atoms with Crippen molar-refractivity contribution in [1.29, 1.82) is 0 Å². The molecule has 3 aromatic carbocycles. The van der Waals surface area contributed by atoms with Gasteiger partial charge in [0, 0.05) is 17.0 Å². The van der Waals surface area contributed by atoms with Crippen LogP contribution in [-0.2, 0) is 0 Å². The minimum atomic E-state index is -0.306. The Bertz CT molecular complexity index is 1300. The maximum atomic E-state index is 6.52. The summed E-state index contributed by atoms with van der Waals surface area (Å²) in [5.41, 5.74) is 3.16. The summed E-state index contributed by atoms with van der Waals surface area (Å²) in [4.78, 5) is 1.10. The maximum absolute atomic E-state index is 6.52. The van der Waals surface area contributed by atoms with Crippen molar-refractivity contribution in [2.45, 2.75) is 18.7 Å². The van der Waals surface area contributed by atoms with Gasteiger partial charge in [-0.15, -0.1) is 11.3 Å². The van der Waals surface area contributed by atoms with Gasteiger partial charge in [-0.05, 0) is 46.0 Å². The molecule has 0 saturated carbocycles. The molecule has 2 aliphatic rings. The van der Waals surface area contributed by atoms with E-state index in [0.29, 0.717) is 15.8 Å². The largest absolute Gasteiger partial charge is 0.462 e. The Kier molecular flexibility index (Phi) is 4.27. The van der Waals surface area contributed by atoms with Crippen LogP contribution < -0.4 is 4.74 Å². The SMILES string of the molecule is Clc1cc(Cl)c2c(c1)[C@H]1CC(c3ccc4ccccc4c3)=NN1[C@H](c1cccs1)O2. The fourth-order valence-corrected chi connectivity index (χ4v) is 5.57. The second-order valence-corrected chi connectivity index (χ2v) is 9.32. The summed E-state index contributed by atoms with van der Waals surface area (Å²) in [6, 6.07) is 22.7. The molecule has 2 atom stereocenters. The van der Waals surface area contributed by atoms with E-state index in [1.165, 1.54) is 10.8 Å². The van der Waals surface area contributed by atoms with E-state index in [1.54, 1.807) is 17.4 Å². The number of rotatable bonds is 2. The molecule has 3 nitrogen and oxygen atoms in total. The molecule has 0 unspecified atom stereocenters. The van der Waals surface area contributed by atoms with Crippen LogP contribution in [0.4, 0.5) is 0 Å². The number of nitrogens with zero attached hydrogens (tertiary/aromatic N) is 2. The summed E-state index contributed by atoms with van der Waals surface area (Å²) in [6.07, 6.45) is 0.465. The number of hydrogen-bond donors (Lipinski definition) is 0. The molecule has 0 radical (unpaired) electrons. The van der Waals surface area contributed by atoms with Crippen LogP contribution >= 0.6 is 34.5 Å². The van der Waals surface area contributed by atoms with Crippen molar-refractivity contribution >= 4 is 51.0 Å². The third-order valence-electron chi connectivity index (χ3n) is 5.68. The Morgan fingerprint density at radius 2 is 1.83 bits per heavy atom. The number of ether oxygens (including phenoxy) is 1. The summed E-state index contributed by atoms with van der Waals surface area (Å²) in [5, 5.41) is 12.7. The average molecular weight is 451 g/mol. The Labute approximate surface area is 188 Å². The van der Waals surface area contributed by atoms with E-state index in [2.05, 4.69) is 58.9 Å². The highest BCUT2D eigenvalue weighted by molar-refractivity contribution is 7.10. The molecule has 0 fully saturated rings. The van der Waals surface area contributed by atoms with Crippen molar-refractivity contribution in [2.24, 2.45) is 5.10 Å². The zero-order chi connectivity index (χ0) is 20.2. The van der Waals surface area contributed by atoms with Gasteiger partial charge in [0.15, 0.2) is 0 Å². The molecule has 30 heavy (non-hydrogen) atoms. The van der Waals surface area contributed by atoms with Gasteiger partial charge in [0.1, 0.15) is 5.75 Å². The van der Waals surface area contributed by atoms with Crippen molar-refractivity contribution in [3.05, 3.63) is 98.2 Å². The molecular weight excluding hydrogens is 435 g/mol. The third kappa shape index (κ3) is 2.90. The first-order valence-corrected chi connectivity index (χ1v) is 11.3. The first-order chi connectivity index (χ1) is 14.7. The fraction of sp³-hybridized carbons (Fsp3) is 0.125. The molecule has 0 N–H and O–H groups in total. The van der Waals surface area contributed by atoms with Gasteiger partial charge in [0.05, 0.1) is 21.7 Å². The van der Waals surface area contributed by atoms with E-state index in [9.17, 15) is 0 Å². The minimum absolute atomic E-state index is 0.0264. The lowest BCUT2D eigenvalue weighted by molar-refractivity contribution is -0.0165. The lowest BCUT2D eigenvalue weighted by Crippen LogP contribution is -2.33. The van der Waals surface area contributed by atoms with Crippen molar-refractivity contribution in [3.63, 3.8) is 0 Å². The van der Waals surface area contributed by atoms with Gasteiger partial charge in [-0.25, -0.2) is 5.01 Å². The maximum Gasteiger partial charge on any atom is 0.223 e. The molecule has 0 spiro atoms. The Morgan fingerprint density at radius 3 is 2.67 bits per heavy atom. The van der Waals surface area contributed by atoms with E-state index >= 15 is 0 Å². The molecule has 3 heterocycles. The monoisotopic (exact) mass is 450 g/mol. The van der Waals surface area contributed by atoms with Crippen LogP contribution in [0.2, 0.25) is 10.0 Å². The van der Waals surface area contributed by atoms with Crippen LogP contribution in [0.5, 0.6) is 5.75 Å². The van der Waals surface area contributed by atoms with Gasteiger partial charge in [0.25, 0.3) is 0 Å². The van der Waals surface area contributed by atoms with Crippen LogP contribution in [0.25, 0.3) is 10.8 Å². The average Bonchev–Trinajstić information content (AvgIpc) is 3.43. The van der Waals surface area contributed by atoms with E-state index < -0.39 is 0 Å². The standard InChI is InChI=1S/C24H16Cl2N2OS/c25-17-11-18-21-13-20(16-8-7-14-4-1-2-5-15(14)10-16)27-28(21)24(22-6-3-9-30-22)29-23(18)19(26)12-17/h1-12,21,24H,13H2/t21-,24+/m1/s1. The van der Waals surface area contributed by atoms with E-state index in [4.69, 9.17) is 33.0 Å². The van der Waals surface area contributed by atoms with Gasteiger partial charge < -0.3 is 4.74 Å². The fourth-order valence-electron chi connectivity index (χ4n) is 4.28. The van der Waals surface area contributed by atoms with Crippen LogP contribution in [-0.4, -0.2) is 10.7 Å². The number of hydrogen-bond acceptors (Lipinski definition) is 4. The van der Waals surface area contributed by atoms with Gasteiger partial charge in [0.2, 0.25) is 6.23 Å². The molecule has 2 aliphatic heterocycles. The number of fused-ring (bicyclic) bond motifs is 4. The van der Waals surface area contributed by atoms with Crippen LogP contribution in [0, 0.1) is 0 Å². The molecule has 4 aromatic rings. The zero-order valence-corrected chi connectivity index (χ0v) is 18.1. The molecule has 6 heteroatoms. The highest BCUT2D eigenvalue weighted by atomic mass is 35.5. The lowest BCUT2D eigenvalue weighted by Gasteiger charge is -2.38. The first kappa shape index (κ1) is 18.3. The molecule has 0 saturated heterocycles. The van der Waals surface area contributed by atoms with E-state index in [-0.39, 0.29) is 12.3 Å². The van der Waals surface area contributed by atoms with Crippen LogP contribution in [0.1, 0.15) is 34.7 Å². The summed E-state index contributed by atoms with van der Waals surface area (Å²) in [5.74, 6) is 0.704. The lowest BCUT2D eigenvalue weighted by atomic mass is 9.95. The van der Waals surface area contributed by atoms with Crippen molar-refractivity contribution in [1.82, 2.24) is 5.01 Å². The summed E-state index contributed by atoms with van der Waals surface area (Å²) >= 11 is 14.5. The Morgan fingerprint density at radius 1 is 0.967 bits per heavy atom. The first-order valence-electron chi connectivity index (χ1n) is 9.71.